The minimum Gasteiger partial charge on any atom is -0.351 e. The van der Waals surface area contributed by atoms with Gasteiger partial charge in [-0.1, -0.05) is 13.0 Å². The molecule has 0 aliphatic rings. The Balaban J connectivity index is 3.53. The quantitative estimate of drug-likeness (QED) is 0.575. The molecule has 0 aromatic heterocycles. The van der Waals surface area contributed by atoms with Gasteiger partial charge >= 0.3 is 0 Å². The average molecular weight is 170 g/mol. The summed E-state index contributed by atoms with van der Waals surface area (Å²) in [7, 11) is 0. The van der Waals surface area contributed by atoms with Crippen molar-refractivity contribution in [1.82, 2.24) is 10.6 Å². The molecule has 12 heavy (non-hydrogen) atoms. The number of hydrogen-bond donors (Lipinski definition) is 2. The Morgan fingerprint density at radius 3 is 2.83 bits per heavy atom. The van der Waals surface area contributed by atoms with E-state index in [4.69, 9.17) is 0 Å². The molecule has 3 heteroatoms. The SMILES string of the molecule is C=CCNC(=O)C(C)NCCC. The predicted molar refractivity (Wildman–Crippen MR) is 51.0 cm³/mol. The molecule has 3 nitrogen and oxygen atoms in total. The Bertz CT molecular complexity index is 145. The van der Waals surface area contributed by atoms with E-state index < -0.39 is 0 Å². The maximum absolute atomic E-state index is 11.2. The van der Waals surface area contributed by atoms with Crippen molar-refractivity contribution in [3.63, 3.8) is 0 Å². The zero-order chi connectivity index (χ0) is 9.40. The Morgan fingerprint density at radius 2 is 2.33 bits per heavy atom. The molecule has 0 radical (unpaired) electrons. The zero-order valence-corrected chi connectivity index (χ0v) is 7.89. The van der Waals surface area contributed by atoms with Crippen LogP contribution < -0.4 is 10.6 Å². The van der Waals surface area contributed by atoms with Crippen molar-refractivity contribution in [2.75, 3.05) is 13.1 Å². The minimum atomic E-state index is -0.107. The molecule has 0 rings (SSSR count). The summed E-state index contributed by atoms with van der Waals surface area (Å²) in [5, 5.41) is 5.82. The Hall–Kier alpha value is -0.830. The van der Waals surface area contributed by atoms with Gasteiger partial charge in [-0.15, -0.1) is 6.58 Å². The van der Waals surface area contributed by atoms with E-state index in [-0.39, 0.29) is 11.9 Å². The van der Waals surface area contributed by atoms with Crippen LogP contribution in [0.4, 0.5) is 0 Å². The predicted octanol–water partition coefficient (Wildman–Crippen LogP) is 0.677. The number of rotatable bonds is 6. The maximum Gasteiger partial charge on any atom is 0.237 e. The van der Waals surface area contributed by atoms with Crippen LogP contribution in [0.25, 0.3) is 0 Å². The van der Waals surface area contributed by atoms with Crippen LogP contribution in [0, 0.1) is 0 Å². The summed E-state index contributed by atoms with van der Waals surface area (Å²) in [5.41, 5.74) is 0. The zero-order valence-electron chi connectivity index (χ0n) is 7.89. The Morgan fingerprint density at radius 1 is 1.67 bits per heavy atom. The first-order valence-corrected chi connectivity index (χ1v) is 4.34. The van der Waals surface area contributed by atoms with Crippen molar-refractivity contribution >= 4 is 5.91 Å². The lowest BCUT2D eigenvalue weighted by Crippen LogP contribution is -2.42. The standard InChI is InChI=1S/C9H18N2O/c1-4-6-10-8(3)9(12)11-7-5-2/h5,8,10H,2,4,6-7H2,1,3H3,(H,11,12). The average Bonchev–Trinajstić information content (AvgIpc) is 2.10. The highest BCUT2D eigenvalue weighted by molar-refractivity contribution is 5.81. The molecule has 0 spiro atoms. The highest BCUT2D eigenvalue weighted by Gasteiger charge is 2.08. The summed E-state index contributed by atoms with van der Waals surface area (Å²) in [6.07, 6.45) is 2.71. The van der Waals surface area contributed by atoms with Gasteiger partial charge in [0.1, 0.15) is 0 Å². The molecular formula is C9H18N2O. The van der Waals surface area contributed by atoms with Crippen LogP contribution in [0.15, 0.2) is 12.7 Å². The molecule has 0 aliphatic heterocycles. The molecule has 70 valence electrons. The van der Waals surface area contributed by atoms with E-state index in [0.29, 0.717) is 6.54 Å². The van der Waals surface area contributed by atoms with Gasteiger partial charge in [-0.05, 0) is 19.9 Å². The lowest BCUT2D eigenvalue weighted by atomic mass is 10.3. The van der Waals surface area contributed by atoms with Gasteiger partial charge < -0.3 is 10.6 Å². The molecule has 1 amide bonds. The lowest BCUT2D eigenvalue weighted by molar-refractivity contribution is -0.122. The number of carbonyl (C=O) groups is 1. The van der Waals surface area contributed by atoms with Gasteiger partial charge in [-0.2, -0.15) is 0 Å². The van der Waals surface area contributed by atoms with Crippen LogP contribution in [0.2, 0.25) is 0 Å². The molecule has 0 heterocycles. The van der Waals surface area contributed by atoms with Crippen molar-refractivity contribution in [3.05, 3.63) is 12.7 Å². The fourth-order valence-corrected chi connectivity index (χ4v) is 0.779. The van der Waals surface area contributed by atoms with E-state index in [9.17, 15) is 4.79 Å². The summed E-state index contributed by atoms with van der Waals surface area (Å²) >= 11 is 0. The third-order valence-electron chi connectivity index (χ3n) is 1.51. The van der Waals surface area contributed by atoms with Gasteiger partial charge in [0.25, 0.3) is 0 Å². The smallest absolute Gasteiger partial charge is 0.237 e. The van der Waals surface area contributed by atoms with Gasteiger partial charge in [0, 0.05) is 6.54 Å². The van der Waals surface area contributed by atoms with Gasteiger partial charge in [-0.3, -0.25) is 4.79 Å². The summed E-state index contributed by atoms with van der Waals surface area (Å²) in [6.45, 7) is 8.86. The molecule has 0 aliphatic carbocycles. The Labute approximate surface area is 74.2 Å². The monoisotopic (exact) mass is 170 g/mol. The second-order valence-electron chi connectivity index (χ2n) is 2.71. The first-order valence-electron chi connectivity index (χ1n) is 4.34. The van der Waals surface area contributed by atoms with Crippen LogP contribution in [0.3, 0.4) is 0 Å². The molecule has 0 saturated heterocycles. The van der Waals surface area contributed by atoms with E-state index in [0.717, 1.165) is 13.0 Å². The van der Waals surface area contributed by atoms with Crippen LogP contribution in [-0.4, -0.2) is 25.0 Å². The van der Waals surface area contributed by atoms with Crippen molar-refractivity contribution in [2.45, 2.75) is 26.3 Å². The molecule has 1 unspecified atom stereocenters. The topological polar surface area (TPSA) is 41.1 Å². The third kappa shape index (κ3) is 4.91. The molecule has 1 atom stereocenters. The van der Waals surface area contributed by atoms with Gasteiger partial charge in [0.15, 0.2) is 0 Å². The molecular weight excluding hydrogens is 152 g/mol. The molecule has 2 N–H and O–H groups in total. The summed E-state index contributed by atoms with van der Waals surface area (Å²) in [4.78, 5) is 11.2. The van der Waals surface area contributed by atoms with E-state index in [1.807, 2.05) is 6.92 Å². The lowest BCUT2D eigenvalue weighted by Gasteiger charge is -2.11. The molecule has 0 saturated carbocycles. The first kappa shape index (κ1) is 11.2. The largest absolute Gasteiger partial charge is 0.351 e. The molecule has 0 aromatic carbocycles. The number of hydrogen-bond acceptors (Lipinski definition) is 2. The van der Waals surface area contributed by atoms with Crippen molar-refractivity contribution in [3.8, 4) is 0 Å². The fraction of sp³-hybridized carbons (Fsp3) is 0.667. The normalized spacial score (nSPS) is 12.2. The van der Waals surface area contributed by atoms with Crippen molar-refractivity contribution < 1.29 is 4.79 Å². The van der Waals surface area contributed by atoms with Gasteiger partial charge in [0.2, 0.25) is 5.91 Å². The highest BCUT2D eigenvalue weighted by Crippen LogP contribution is 1.82. The van der Waals surface area contributed by atoms with Crippen LogP contribution in [-0.2, 0) is 4.79 Å². The fourth-order valence-electron chi connectivity index (χ4n) is 0.779. The maximum atomic E-state index is 11.2. The van der Waals surface area contributed by atoms with Gasteiger partial charge in [-0.25, -0.2) is 0 Å². The number of amides is 1. The second-order valence-corrected chi connectivity index (χ2v) is 2.71. The third-order valence-corrected chi connectivity index (χ3v) is 1.51. The van der Waals surface area contributed by atoms with Gasteiger partial charge in [0.05, 0.1) is 6.04 Å². The van der Waals surface area contributed by atoms with Crippen LogP contribution >= 0.6 is 0 Å². The minimum absolute atomic E-state index is 0.0309. The molecule has 0 aromatic rings. The molecule has 0 bridgehead atoms. The summed E-state index contributed by atoms with van der Waals surface area (Å²) < 4.78 is 0. The molecule has 0 fully saturated rings. The van der Waals surface area contributed by atoms with Crippen molar-refractivity contribution in [2.24, 2.45) is 0 Å². The van der Waals surface area contributed by atoms with E-state index in [2.05, 4.69) is 24.1 Å². The first-order chi connectivity index (χ1) is 5.72. The van der Waals surface area contributed by atoms with E-state index >= 15 is 0 Å². The number of nitrogens with one attached hydrogen (secondary N) is 2. The van der Waals surface area contributed by atoms with E-state index in [1.54, 1.807) is 6.08 Å². The number of carbonyl (C=O) groups excluding carboxylic acids is 1. The van der Waals surface area contributed by atoms with Crippen LogP contribution in [0.5, 0.6) is 0 Å². The van der Waals surface area contributed by atoms with E-state index in [1.165, 1.54) is 0 Å². The second kappa shape index (κ2) is 6.85. The summed E-state index contributed by atoms with van der Waals surface area (Å²) in [6, 6.07) is -0.107. The summed E-state index contributed by atoms with van der Waals surface area (Å²) in [5.74, 6) is 0.0309. The van der Waals surface area contributed by atoms with Crippen LogP contribution in [0.1, 0.15) is 20.3 Å². The Kier molecular flexibility index (Phi) is 6.38. The highest BCUT2D eigenvalue weighted by atomic mass is 16.2. The van der Waals surface area contributed by atoms with Crippen molar-refractivity contribution in [1.29, 1.82) is 0 Å².